The van der Waals surface area contributed by atoms with Crippen LogP contribution in [0.1, 0.15) is 44.3 Å². The highest BCUT2D eigenvalue weighted by atomic mass is 32.2. The summed E-state index contributed by atoms with van der Waals surface area (Å²) in [6.45, 7) is 4.37. The Balaban J connectivity index is 1.08. The van der Waals surface area contributed by atoms with Gasteiger partial charge in [0.05, 0.1) is 17.0 Å². The van der Waals surface area contributed by atoms with Gasteiger partial charge in [-0.2, -0.15) is 0 Å². The van der Waals surface area contributed by atoms with E-state index < -0.39 is 0 Å². The summed E-state index contributed by atoms with van der Waals surface area (Å²) in [4.78, 5) is 45.4. The van der Waals surface area contributed by atoms with Gasteiger partial charge >= 0.3 is 0 Å². The number of carbonyl (C=O) groups excluding carboxylic acids is 3. The Morgan fingerprint density at radius 1 is 0.889 bits per heavy atom. The normalized spacial score (nSPS) is 13.8. The molecule has 1 aliphatic rings. The van der Waals surface area contributed by atoms with Crippen molar-refractivity contribution in [2.45, 2.75) is 35.9 Å². The summed E-state index contributed by atoms with van der Waals surface area (Å²) >= 11 is 3.01. The van der Waals surface area contributed by atoms with E-state index in [9.17, 15) is 19.5 Å². The number of amides is 3. The third-order valence-corrected chi connectivity index (χ3v) is 9.81. The van der Waals surface area contributed by atoms with Gasteiger partial charge in [-0.25, -0.2) is 4.98 Å². The number of nitrogens with one attached hydrogen (secondary N) is 2. The van der Waals surface area contributed by atoms with E-state index in [1.807, 2.05) is 66.7 Å². The molecule has 234 valence electrons. The van der Waals surface area contributed by atoms with Crippen molar-refractivity contribution in [3.8, 4) is 0 Å². The first kappa shape index (κ1) is 32.4. The molecule has 3 amide bonds. The van der Waals surface area contributed by atoms with Crippen LogP contribution in [0.15, 0.2) is 89.3 Å². The maximum Gasteiger partial charge on any atom is 0.257 e. The zero-order chi connectivity index (χ0) is 31.6. The molecule has 4 aromatic rings. The number of anilines is 1. The minimum Gasteiger partial charge on any atom is -0.395 e. The van der Waals surface area contributed by atoms with E-state index in [1.165, 1.54) is 16.9 Å². The third-order valence-electron chi connectivity index (χ3n) is 7.63. The molecule has 0 radical (unpaired) electrons. The minimum atomic E-state index is -0.229. The van der Waals surface area contributed by atoms with E-state index in [-0.39, 0.29) is 30.4 Å². The van der Waals surface area contributed by atoms with Crippen molar-refractivity contribution in [2.24, 2.45) is 0 Å². The topological polar surface area (TPSA) is 115 Å². The molecule has 0 unspecified atom stereocenters. The zero-order valence-corrected chi connectivity index (χ0v) is 26.8. The van der Waals surface area contributed by atoms with Crippen molar-refractivity contribution in [2.75, 3.05) is 38.1 Å². The Labute approximate surface area is 271 Å². The Morgan fingerprint density at radius 3 is 2.31 bits per heavy atom. The Hall–Kier alpha value is -4.03. The predicted octanol–water partition coefficient (Wildman–Crippen LogP) is 4.69. The summed E-state index contributed by atoms with van der Waals surface area (Å²) in [5.41, 5.74) is 4.39. The summed E-state index contributed by atoms with van der Waals surface area (Å²) in [7, 11) is 0. The van der Waals surface area contributed by atoms with Gasteiger partial charge in [-0.15, -0.1) is 11.8 Å². The van der Waals surface area contributed by atoms with Crippen molar-refractivity contribution in [3.63, 3.8) is 0 Å². The molecule has 1 aliphatic heterocycles. The highest BCUT2D eigenvalue weighted by molar-refractivity contribution is 8.00. The van der Waals surface area contributed by atoms with Crippen LogP contribution >= 0.6 is 23.1 Å². The number of carbonyl (C=O) groups is 3. The highest BCUT2D eigenvalue weighted by Gasteiger charge is 2.23. The number of piperazine rings is 1. The van der Waals surface area contributed by atoms with E-state index in [1.54, 1.807) is 46.8 Å². The van der Waals surface area contributed by atoms with E-state index in [2.05, 4.69) is 15.6 Å². The first-order valence-electron chi connectivity index (χ1n) is 14.9. The van der Waals surface area contributed by atoms with E-state index in [0.29, 0.717) is 54.7 Å². The minimum absolute atomic E-state index is 0.0189. The van der Waals surface area contributed by atoms with E-state index >= 15 is 0 Å². The molecule has 0 saturated carbocycles. The van der Waals surface area contributed by atoms with Crippen molar-refractivity contribution in [1.29, 1.82) is 0 Å². The number of aliphatic hydroxyl groups excluding tert-OH is 1. The number of nitrogens with zero attached hydrogens (tertiary/aromatic N) is 3. The van der Waals surface area contributed by atoms with Gasteiger partial charge < -0.3 is 20.2 Å². The molecule has 5 rings (SSSR count). The van der Waals surface area contributed by atoms with Gasteiger partial charge in [0.25, 0.3) is 11.8 Å². The molecular weight excluding hydrogens is 607 g/mol. The molecule has 1 atom stereocenters. The first-order valence-corrected chi connectivity index (χ1v) is 16.7. The van der Waals surface area contributed by atoms with Crippen LogP contribution in [0.2, 0.25) is 0 Å². The molecule has 3 aromatic carbocycles. The number of thiazole rings is 1. The van der Waals surface area contributed by atoms with Crippen molar-refractivity contribution >= 4 is 46.0 Å². The highest BCUT2D eigenvalue weighted by Crippen LogP contribution is 2.31. The number of hydrogen-bond donors (Lipinski definition) is 3. The summed E-state index contributed by atoms with van der Waals surface area (Å²) in [6, 6.07) is 25.0. The number of aromatic nitrogens is 1. The largest absolute Gasteiger partial charge is 0.395 e. The second-order valence-electron chi connectivity index (χ2n) is 10.9. The van der Waals surface area contributed by atoms with E-state index in [0.717, 1.165) is 21.8 Å². The van der Waals surface area contributed by atoms with Crippen LogP contribution in [0, 0.1) is 0 Å². The van der Waals surface area contributed by atoms with Crippen molar-refractivity contribution in [1.82, 2.24) is 20.1 Å². The second kappa shape index (κ2) is 15.8. The van der Waals surface area contributed by atoms with Crippen LogP contribution in [-0.4, -0.2) is 76.4 Å². The molecule has 0 aliphatic carbocycles. The number of aliphatic hydroxyl groups is 1. The molecule has 0 spiro atoms. The van der Waals surface area contributed by atoms with Crippen LogP contribution in [-0.2, 0) is 23.5 Å². The number of rotatable bonds is 12. The summed E-state index contributed by atoms with van der Waals surface area (Å²) in [5.74, 6) is 0.452. The van der Waals surface area contributed by atoms with Gasteiger partial charge in [0.15, 0.2) is 5.13 Å². The predicted molar refractivity (Wildman–Crippen MR) is 179 cm³/mol. The SMILES string of the molecule is CC(=O)N1CCN(C(=O)c2cccc(CSc3cnc(NC(=O)c4ccc(CN[C@@H](CO)Cc5ccccc5)cc4)s3)c2)CC1. The molecule has 11 heteroatoms. The summed E-state index contributed by atoms with van der Waals surface area (Å²) < 4.78 is 0.956. The molecule has 1 fully saturated rings. The fourth-order valence-corrected chi connectivity index (χ4v) is 6.85. The zero-order valence-electron chi connectivity index (χ0n) is 25.1. The smallest absolute Gasteiger partial charge is 0.257 e. The Kier molecular flexibility index (Phi) is 11.4. The van der Waals surface area contributed by atoms with Crippen LogP contribution < -0.4 is 10.6 Å². The van der Waals surface area contributed by atoms with Crippen LogP contribution in [0.4, 0.5) is 5.13 Å². The number of thioether (sulfide) groups is 1. The molecule has 45 heavy (non-hydrogen) atoms. The molecular formula is C34H37N5O4S2. The van der Waals surface area contributed by atoms with Gasteiger partial charge in [0, 0.05) is 62.6 Å². The Morgan fingerprint density at radius 2 is 1.60 bits per heavy atom. The number of hydrogen-bond acceptors (Lipinski definition) is 8. The molecule has 0 bridgehead atoms. The van der Waals surface area contributed by atoms with Gasteiger partial charge in [-0.05, 0) is 47.4 Å². The fourth-order valence-electron chi connectivity index (χ4n) is 5.04. The molecule has 2 heterocycles. The Bertz CT molecular complexity index is 1590. The first-order chi connectivity index (χ1) is 21.9. The molecule has 1 aromatic heterocycles. The monoisotopic (exact) mass is 643 g/mol. The van der Waals surface area contributed by atoms with Gasteiger partial charge in [-0.1, -0.05) is 65.9 Å². The maximum absolute atomic E-state index is 13.0. The quantitative estimate of drug-likeness (QED) is 0.192. The summed E-state index contributed by atoms with van der Waals surface area (Å²) in [6.07, 6.45) is 2.48. The van der Waals surface area contributed by atoms with Gasteiger partial charge in [-0.3, -0.25) is 19.7 Å². The molecule has 3 N–H and O–H groups in total. The standard InChI is InChI=1S/C34H37N5O4S2/c1-24(41)38-14-16-39(17-15-38)33(43)29-9-5-8-27(18-29)23-44-31-21-36-34(45-31)37-32(42)28-12-10-26(11-13-28)20-35-30(22-40)19-25-6-3-2-4-7-25/h2-13,18,21,30,35,40H,14-17,19-20,22-23H2,1H3,(H,36,37,42)/t30-/m1/s1. The third kappa shape index (κ3) is 9.24. The fraction of sp³-hybridized carbons (Fsp3) is 0.294. The lowest BCUT2D eigenvalue weighted by molar-refractivity contribution is -0.130. The van der Waals surface area contributed by atoms with Crippen LogP contribution in [0.5, 0.6) is 0 Å². The van der Waals surface area contributed by atoms with Crippen molar-refractivity contribution < 1.29 is 19.5 Å². The maximum atomic E-state index is 13.0. The van der Waals surface area contributed by atoms with Crippen LogP contribution in [0.25, 0.3) is 0 Å². The average Bonchev–Trinajstić information content (AvgIpc) is 3.53. The molecule has 1 saturated heterocycles. The molecule has 9 nitrogen and oxygen atoms in total. The lowest BCUT2D eigenvalue weighted by atomic mass is 10.1. The lowest BCUT2D eigenvalue weighted by Gasteiger charge is -2.34. The number of benzene rings is 3. The summed E-state index contributed by atoms with van der Waals surface area (Å²) in [5, 5.41) is 16.6. The van der Waals surface area contributed by atoms with Gasteiger partial charge in [0.1, 0.15) is 0 Å². The van der Waals surface area contributed by atoms with Crippen molar-refractivity contribution in [3.05, 3.63) is 113 Å². The second-order valence-corrected chi connectivity index (χ2v) is 13.2. The van der Waals surface area contributed by atoms with Crippen LogP contribution in [0.3, 0.4) is 0 Å². The van der Waals surface area contributed by atoms with Gasteiger partial charge in [0.2, 0.25) is 5.91 Å². The average molecular weight is 644 g/mol. The van der Waals surface area contributed by atoms with E-state index in [4.69, 9.17) is 0 Å². The lowest BCUT2D eigenvalue weighted by Crippen LogP contribution is -2.50.